The number of hydrogen-bond donors (Lipinski definition) is 2. The molecule has 0 aliphatic rings. The maximum atomic E-state index is 10.6. The Morgan fingerprint density at radius 1 is 1.53 bits per heavy atom. The third kappa shape index (κ3) is 4.87. The topological polar surface area (TPSA) is 58.6 Å². The van der Waals surface area contributed by atoms with Gasteiger partial charge in [-0.05, 0) is 24.6 Å². The molecule has 1 aromatic rings. The van der Waals surface area contributed by atoms with Gasteiger partial charge in [-0.3, -0.25) is 4.79 Å². The number of hydrogen-bond acceptors (Lipinski definition) is 3. The molecule has 17 heavy (non-hydrogen) atoms. The molecule has 1 rings (SSSR count). The lowest BCUT2D eigenvalue weighted by molar-refractivity contribution is -0.140. The second kappa shape index (κ2) is 6.91. The van der Waals surface area contributed by atoms with E-state index in [1.165, 1.54) is 0 Å². The van der Waals surface area contributed by atoms with Gasteiger partial charge in [-0.15, -0.1) is 0 Å². The summed E-state index contributed by atoms with van der Waals surface area (Å²) in [5, 5.41) is 11.8. The van der Waals surface area contributed by atoms with Gasteiger partial charge in [0.1, 0.15) is 5.75 Å². The van der Waals surface area contributed by atoms with Gasteiger partial charge in [0.25, 0.3) is 0 Å². The quantitative estimate of drug-likeness (QED) is 0.760. The molecule has 0 amide bonds. The van der Waals surface area contributed by atoms with Crippen LogP contribution in [0.3, 0.4) is 0 Å². The van der Waals surface area contributed by atoms with Crippen molar-refractivity contribution in [3.05, 3.63) is 29.8 Å². The number of carboxylic acids is 1. The Morgan fingerprint density at radius 2 is 2.29 bits per heavy atom. The van der Waals surface area contributed by atoms with Crippen molar-refractivity contribution in [3.8, 4) is 5.75 Å². The third-order valence-corrected chi connectivity index (χ3v) is 2.41. The summed E-state index contributed by atoms with van der Waals surface area (Å²) in [6, 6.07) is 7.79. The van der Waals surface area contributed by atoms with E-state index in [9.17, 15) is 4.79 Å². The first kappa shape index (κ1) is 13.5. The number of carboxylic acid groups (broad SMARTS) is 1. The summed E-state index contributed by atoms with van der Waals surface area (Å²) in [6.45, 7) is 5.39. The number of aliphatic carboxylic acids is 1. The number of benzene rings is 1. The molecule has 1 unspecified atom stereocenters. The van der Waals surface area contributed by atoms with Crippen LogP contribution in [0.1, 0.15) is 19.4 Å². The van der Waals surface area contributed by atoms with Crippen LogP contribution in [-0.4, -0.2) is 24.2 Å². The van der Waals surface area contributed by atoms with Crippen LogP contribution in [-0.2, 0) is 11.3 Å². The fraction of sp³-hybridized carbons (Fsp3) is 0.462. The Balaban J connectivity index is 2.41. The zero-order chi connectivity index (χ0) is 12.7. The molecule has 4 nitrogen and oxygen atoms in total. The van der Waals surface area contributed by atoms with E-state index in [4.69, 9.17) is 9.84 Å². The van der Waals surface area contributed by atoms with Crippen molar-refractivity contribution in [2.75, 3.05) is 13.2 Å². The lowest BCUT2D eigenvalue weighted by Gasteiger charge is -2.09. The van der Waals surface area contributed by atoms with E-state index >= 15 is 0 Å². The Kier molecular flexibility index (Phi) is 5.49. The highest BCUT2D eigenvalue weighted by Crippen LogP contribution is 2.13. The van der Waals surface area contributed by atoms with Gasteiger partial charge in [0.2, 0.25) is 0 Å². The minimum absolute atomic E-state index is 0.370. The molecule has 94 valence electrons. The van der Waals surface area contributed by atoms with Crippen LogP contribution in [0.4, 0.5) is 0 Å². The van der Waals surface area contributed by atoms with Crippen molar-refractivity contribution < 1.29 is 14.6 Å². The molecule has 0 radical (unpaired) electrons. The maximum absolute atomic E-state index is 10.6. The molecule has 0 aliphatic heterocycles. The van der Waals surface area contributed by atoms with Crippen molar-refractivity contribution in [1.82, 2.24) is 5.32 Å². The normalized spacial score (nSPS) is 12.1. The van der Waals surface area contributed by atoms with E-state index < -0.39 is 5.97 Å². The first-order valence-electron chi connectivity index (χ1n) is 5.78. The molecule has 2 N–H and O–H groups in total. The van der Waals surface area contributed by atoms with E-state index in [1.54, 1.807) is 6.92 Å². The minimum atomic E-state index is -0.777. The first-order valence-corrected chi connectivity index (χ1v) is 5.78. The summed E-state index contributed by atoms with van der Waals surface area (Å²) < 4.78 is 5.39. The van der Waals surface area contributed by atoms with Crippen LogP contribution >= 0.6 is 0 Å². The average molecular weight is 237 g/mol. The standard InChI is InChI=1S/C13H19NO3/c1-3-17-12-6-4-5-11(7-12)9-14-8-10(2)13(15)16/h4-7,10,14H,3,8-9H2,1-2H3,(H,15,16). The van der Waals surface area contributed by atoms with Gasteiger partial charge in [0.15, 0.2) is 0 Å². The average Bonchev–Trinajstić information content (AvgIpc) is 2.29. The van der Waals surface area contributed by atoms with Gasteiger partial charge in [-0.25, -0.2) is 0 Å². The molecule has 1 aromatic carbocycles. The molecular formula is C13H19NO3. The molecule has 0 bridgehead atoms. The Labute approximate surface area is 102 Å². The van der Waals surface area contributed by atoms with E-state index in [0.29, 0.717) is 19.7 Å². The smallest absolute Gasteiger partial charge is 0.307 e. The van der Waals surface area contributed by atoms with Gasteiger partial charge in [0, 0.05) is 13.1 Å². The van der Waals surface area contributed by atoms with Crippen LogP contribution in [0.25, 0.3) is 0 Å². The highest BCUT2D eigenvalue weighted by Gasteiger charge is 2.09. The van der Waals surface area contributed by atoms with Gasteiger partial charge in [-0.1, -0.05) is 19.1 Å². The summed E-state index contributed by atoms with van der Waals surface area (Å²) in [6.07, 6.45) is 0. The van der Waals surface area contributed by atoms with Gasteiger partial charge >= 0.3 is 5.97 Å². The van der Waals surface area contributed by atoms with Crippen LogP contribution in [0.15, 0.2) is 24.3 Å². The van der Waals surface area contributed by atoms with Gasteiger partial charge < -0.3 is 15.2 Å². The van der Waals surface area contributed by atoms with Crippen molar-refractivity contribution >= 4 is 5.97 Å². The molecular weight excluding hydrogens is 218 g/mol. The lowest BCUT2D eigenvalue weighted by Crippen LogP contribution is -2.25. The lowest BCUT2D eigenvalue weighted by atomic mass is 10.1. The number of ether oxygens (including phenoxy) is 1. The van der Waals surface area contributed by atoms with Crippen molar-refractivity contribution in [1.29, 1.82) is 0 Å². The zero-order valence-corrected chi connectivity index (χ0v) is 10.3. The number of carbonyl (C=O) groups is 1. The van der Waals surface area contributed by atoms with Crippen molar-refractivity contribution in [3.63, 3.8) is 0 Å². The first-order chi connectivity index (χ1) is 8.13. The number of rotatable bonds is 7. The van der Waals surface area contributed by atoms with Gasteiger partial charge in [0.05, 0.1) is 12.5 Å². The van der Waals surface area contributed by atoms with Crippen LogP contribution in [0.2, 0.25) is 0 Å². The van der Waals surface area contributed by atoms with E-state index in [0.717, 1.165) is 11.3 Å². The summed E-state index contributed by atoms with van der Waals surface area (Å²) in [5.74, 6) is -0.302. The van der Waals surface area contributed by atoms with Crippen LogP contribution in [0.5, 0.6) is 5.75 Å². The summed E-state index contributed by atoms with van der Waals surface area (Å²) >= 11 is 0. The fourth-order valence-electron chi connectivity index (χ4n) is 1.43. The van der Waals surface area contributed by atoms with Crippen LogP contribution in [0, 0.1) is 5.92 Å². The molecule has 0 fully saturated rings. The predicted octanol–water partition coefficient (Wildman–Crippen LogP) is 1.90. The second-order valence-corrected chi connectivity index (χ2v) is 3.95. The highest BCUT2D eigenvalue weighted by molar-refractivity contribution is 5.69. The molecule has 0 saturated carbocycles. The van der Waals surface area contributed by atoms with Crippen LogP contribution < -0.4 is 10.1 Å². The van der Waals surface area contributed by atoms with E-state index in [1.807, 2.05) is 31.2 Å². The fourth-order valence-corrected chi connectivity index (χ4v) is 1.43. The largest absolute Gasteiger partial charge is 0.494 e. The number of nitrogens with one attached hydrogen (secondary N) is 1. The molecule has 1 atom stereocenters. The molecule has 0 aliphatic carbocycles. The summed E-state index contributed by atoms with van der Waals surface area (Å²) in [4.78, 5) is 10.6. The Bertz CT molecular complexity index is 365. The third-order valence-electron chi connectivity index (χ3n) is 2.41. The second-order valence-electron chi connectivity index (χ2n) is 3.95. The summed E-state index contributed by atoms with van der Waals surface area (Å²) in [7, 11) is 0. The van der Waals surface area contributed by atoms with Crippen molar-refractivity contribution in [2.45, 2.75) is 20.4 Å². The molecule has 0 saturated heterocycles. The maximum Gasteiger partial charge on any atom is 0.307 e. The SMILES string of the molecule is CCOc1cccc(CNCC(C)C(=O)O)c1. The van der Waals surface area contributed by atoms with E-state index in [2.05, 4.69) is 5.32 Å². The molecule has 0 aromatic heterocycles. The van der Waals surface area contributed by atoms with E-state index in [-0.39, 0.29) is 5.92 Å². The highest BCUT2D eigenvalue weighted by atomic mass is 16.5. The summed E-state index contributed by atoms with van der Waals surface area (Å²) in [5.41, 5.74) is 1.09. The van der Waals surface area contributed by atoms with Gasteiger partial charge in [-0.2, -0.15) is 0 Å². The Morgan fingerprint density at radius 3 is 2.94 bits per heavy atom. The zero-order valence-electron chi connectivity index (χ0n) is 10.3. The molecule has 4 heteroatoms. The predicted molar refractivity (Wildman–Crippen MR) is 66.1 cm³/mol. The monoisotopic (exact) mass is 237 g/mol. The minimum Gasteiger partial charge on any atom is -0.494 e. The Hall–Kier alpha value is -1.55. The van der Waals surface area contributed by atoms with Crippen molar-refractivity contribution in [2.24, 2.45) is 5.92 Å². The molecule has 0 spiro atoms. The molecule has 0 heterocycles.